The maximum atomic E-state index is 12.2. The summed E-state index contributed by atoms with van der Waals surface area (Å²) in [5, 5.41) is 19.0. The molecule has 32 heavy (non-hydrogen) atoms. The molecular weight excluding hydrogens is 424 g/mol. The number of rotatable bonds is 8. The SMILES string of the molecule is COC(=O)NCCC[C@@](O)(c1cccc(Cl)c1-c1cccc(C(C)C)c1)[C@@H]1CCCNC1. The first-order chi connectivity index (χ1) is 15.4. The molecule has 1 saturated heterocycles. The highest BCUT2D eigenvalue weighted by Crippen LogP contribution is 2.45. The number of halogens is 1. The van der Waals surface area contributed by atoms with Gasteiger partial charge in [0.25, 0.3) is 0 Å². The van der Waals surface area contributed by atoms with Gasteiger partial charge < -0.3 is 20.5 Å². The number of ether oxygens (including phenoxy) is 1. The van der Waals surface area contributed by atoms with E-state index < -0.39 is 11.7 Å². The van der Waals surface area contributed by atoms with Crippen molar-refractivity contribution >= 4 is 17.7 Å². The molecule has 174 valence electrons. The molecule has 2 atom stereocenters. The summed E-state index contributed by atoms with van der Waals surface area (Å²) in [5.74, 6) is 0.451. The first kappa shape index (κ1) is 24.6. The van der Waals surface area contributed by atoms with Gasteiger partial charge in [-0.2, -0.15) is 0 Å². The van der Waals surface area contributed by atoms with Crippen LogP contribution in [0.1, 0.15) is 56.6 Å². The van der Waals surface area contributed by atoms with Gasteiger partial charge in [0.2, 0.25) is 0 Å². The van der Waals surface area contributed by atoms with Crippen molar-refractivity contribution in [3.63, 3.8) is 0 Å². The van der Waals surface area contributed by atoms with Crippen molar-refractivity contribution in [1.82, 2.24) is 10.6 Å². The average molecular weight is 459 g/mol. The third-order valence-corrected chi connectivity index (χ3v) is 6.80. The van der Waals surface area contributed by atoms with Crippen molar-refractivity contribution in [2.75, 3.05) is 26.7 Å². The Morgan fingerprint density at radius 3 is 2.78 bits per heavy atom. The molecule has 0 aromatic heterocycles. The minimum Gasteiger partial charge on any atom is -0.453 e. The summed E-state index contributed by atoms with van der Waals surface area (Å²) in [4.78, 5) is 11.5. The summed E-state index contributed by atoms with van der Waals surface area (Å²) >= 11 is 6.76. The Balaban J connectivity index is 2.01. The summed E-state index contributed by atoms with van der Waals surface area (Å²) in [6, 6.07) is 14.2. The summed E-state index contributed by atoms with van der Waals surface area (Å²) in [6.07, 6.45) is 2.64. The molecule has 0 radical (unpaired) electrons. The molecule has 1 aliphatic heterocycles. The lowest BCUT2D eigenvalue weighted by Crippen LogP contribution is -2.45. The summed E-state index contributed by atoms with van der Waals surface area (Å²) in [5.41, 5.74) is 2.94. The molecule has 0 saturated carbocycles. The number of benzene rings is 2. The van der Waals surface area contributed by atoms with E-state index in [-0.39, 0.29) is 5.92 Å². The van der Waals surface area contributed by atoms with Crippen LogP contribution in [0.25, 0.3) is 11.1 Å². The molecular formula is C26H35ClN2O3. The van der Waals surface area contributed by atoms with Crippen molar-refractivity contribution in [2.24, 2.45) is 5.92 Å². The van der Waals surface area contributed by atoms with Crippen molar-refractivity contribution < 1.29 is 14.6 Å². The Bertz CT molecular complexity index is 912. The van der Waals surface area contributed by atoms with E-state index in [0.29, 0.717) is 30.3 Å². The first-order valence-electron chi connectivity index (χ1n) is 11.5. The summed E-state index contributed by atoms with van der Waals surface area (Å²) in [7, 11) is 1.35. The van der Waals surface area contributed by atoms with Crippen LogP contribution >= 0.6 is 11.6 Å². The van der Waals surface area contributed by atoms with Gasteiger partial charge in [0.15, 0.2) is 0 Å². The Morgan fingerprint density at radius 2 is 2.09 bits per heavy atom. The minimum absolute atomic E-state index is 0.0554. The molecule has 0 spiro atoms. The molecule has 3 N–H and O–H groups in total. The van der Waals surface area contributed by atoms with Gasteiger partial charge in [0.05, 0.1) is 12.7 Å². The molecule has 2 aromatic carbocycles. The van der Waals surface area contributed by atoms with E-state index in [2.05, 4.69) is 53.5 Å². The highest BCUT2D eigenvalue weighted by Gasteiger charge is 2.40. The quantitative estimate of drug-likeness (QED) is 0.460. The van der Waals surface area contributed by atoms with E-state index in [1.54, 1.807) is 0 Å². The molecule has 1 heterocycles. The van der Waals surface area contributed by atoms with Crippen LogP contribution in [0.5, 0.6) is 0 Å². The first-order valence-corrected chi connectivity index (χ1v) is 11.9. The van der Waals surface area contributed by atoms with Gasteiger partial charge in [-0.1, -0.05) is 61.8 Å². The minimum atomic E-state index is -1.07. The van der Waals surface area contributed by atoms with E-state index in [9.17, 15) is 9.90 Å². The maximum absolute atomic E-state index is 12.2. The van der Waals surface area contributed by atoms with Crippen LogP contribution in [0.3, 0.4) is 0 Å². The standard InChI is InChI=1S/C26H35ClN2O3/c1-18(2)19-8-4-9-20(16-19)24-22(11-5-12-23(24)27)26(31,21-10-6-14-28-17-21)13-7-15-29-25(30)32-3/h4-5,8-9,11-12,16,18,21,28,31H,6-7,10,13-15,17H2,1-3H3,(H,29,30)/t21-,26+/m1/s1. The topological polar surface area (TPSA) is 70.6 Å². The lowest BCUT2D eigenvalue weighted by molar-refractivity contribution is -0.0415. The molecule has 5 nitrogen and oxygen atoms in total. The van der Waals surface area contributed by atoms with E-state index in [1.807, 2.05) is 18.2 Å². The zero-order valence-corrected chi connectivity index (χ0v) is 20.0. The third-order valence-electron chi connectivity index (χ3n) is 6.48. The lowest BCUT2D eigenvalue weighted by atomic mass is 9.72. The van der Waals surface area contributed by atoms with Crippen molar-refractivity contribution in [3.8, 4) is 11.1 Å². The lowest BCUT2D eigenvalue weighted by Gasteiger charge is -2.40. The number of amides is 1. The zero-order chi connectivity index (χ0) is 23.1. The van der Waals surface area contributed by atoms with E-state index in [0.717, 1.165) is 42.6 Å². The highest BCUT2D eigenvalue weighted by molar-refractivity contribution is 6.33. The van der Waals surface area contributed by atoms with Crippen molar-refractivity contribution in [2.45, 2.75) is 51.0 Å². The van der Waals surface area contributed by atoms with Gasteiger partial charge in [-0.15, -0.1) is 0 Å². The molecule has 0 bridgehead atoms. The Hall–Kier alpha value is -2.08. The number of hydrogen-bond acceptors (Lipinski definition) is 4. The Morgan fingerprint density at radius 1 is 1.31 bits per heavy atom. The number of hydrogen-bond donors (Lipinski definition) is 3. The summed E-state index contributed by atoms with van der Waals surface area (Å²) < 4.78 is 4.67. The molecule has 6 heteroatoms. The second-order valence-corrected chi connectivity index (χ2v) is 9.34. The number of methoxy groups -OCH3 is 1. The smallest absolute Gasteiger partial charge is 0.406 e. The second-order valence-electron chi connectivity index (χ2n) is 8.93. The van der Waals surface area contributed by atoms with Crippen LogP contribution in [0.4, 0.5) is 4.79 Å². The molecule has 2 aromatic rings. The van der Waals surface area contributed by atoms with E-state index in [4.69, 9.17) is 11.6 Å². The fourth-order valence-electron chi connectivity index (χ4n) is 4.67. The molecule has 1 amide bonds. The molecule has 3 rings (SSSR count). The number of nitrogens with one attached hydrogen (secondary N) is 2. The van der Waals surface area contributed by atoms with Gasteiger partial charge in [0, 0.05) is 29.6 Å². The normalized spacial score (nSPS) is 18.2. The highest BCUT2D eigenvalue weighted by atomic mass is 35.5. The van der Waals surface area contributed by atoms with Gasteiger partial charge in [0.1, 0.15) is 0 Å². The van der Waals surface area contributed by atoms with E-state index >= 15 is 0 Å². The van der Waals surface area contributed by atoms with Crippen molar-refractivity contribution in [1.29, 1.82) is 0 Å². The number of piperidine rings is 1. The zero-order valence-electron chi connectivity index (χ0n) is 19.3. The molecule has 1 aliphatic rings. The van der Waals surface area contributed by atoms with Crippen molar-refractivity contribution in [3.05, 3.63) is 58.6 Å². The molecule has 0 aliphatic carbocycles. The van der Waals surface area contributed by atoms with Crippen LogP contribution in [0, 0.1) is 5.92 Å². The average Bonchev–Trinajstić information content (AvgIpc) is 2.82. The van der Waals surface area contributed by atoms with E-state index in [1.165, 1.54) is 12.7 Å². The Kier molecular flexibility index (Phi) is 8.57. The predicted molar refractivity (Wildman–Crippen MR) is 130 cm³/mol. The molecule has 1 fully saturated rings. The third kappa shape index (κ3) is 5.64. The van der Waals surface area contributed by atoms with Gasteiger partial charge in [-0.3, -0.25) is 0 Å². The second kappa shape index (κ2) is 11.2. The number of alkyl carbamates (subject to hydrolysis) is 1. The van der Waals surface area contributed by atoms with Crippen LogP contribution in [-0.2, 0) is 10.3 Å². The van der Waals surface area contributed by atoms with Crippen LogP contribution in [0.15, 0.2) is 42.5 Å². The Labute approximate surface area is 196 Å². The maximum Gasteiger partial charge on any atom is 0.406 e. The number of carbonyl (C=O) groups is 1. The van der Waals surface area contributed by atoms with Crippen LogP contribution < -0.4 is 10.6 Å². The van der Waals surface area contributed by atoms with Crippen LogP contribution in [-0.4, -0.2) is 37.9 Å². The monoisotopic (exact) mass is 458 g/mol. The molecule has 0 unspecified atom stereocenters. The van der Waals surface area contributed by atoms with Gasteiger partial charge >= 0.3 is 6.09 Å². The van der Waals surface area contributed by atoms with Gasteiger partial charge in [-0.25, -0.2) is 4.79 Å². The number of aliphatic hydroxyl groups is 1. The fraction of sp³-hybridized carbons (Fsp3) is 0.500. The fourth-order valence-corrected chi connectivity index (χ4v) is 4.95. The number of carbonyl (C=O) groups excluding carboxylic acids is 1. The summed E-state index contributed by atoms with van der Waals surface area (Å²) in [6.45, 7) is 6.50. The van der Waals surface area contributed by atoms with Crippen LogP contribution in [0.2, 0.25) is 5.02 Å². The van der Waals surface area contributed by atoms with Gasteiger partial charge in [-0.05, 0) is 60.9 Å². The predicted octanol–water partition coefficient (Wildman–Crippen LogP) is 5.45. The largest absolute Gasteiger partial charge is 0.453 e.